The normalized spacial score (nSPS) is 11.8. The van der Waals surface area contributed by atoms with Crippen LogP contribution in [0.5, 0.6) is 0 Å². The van der Waals surface area contributed by atoms with Gasteiger partial charge in [-0.05, 0) is 134 Å². The highest BCUT2D eigenvalue weighted by Crippen LogP contribution is 2.45. The van der Waals surface area contributed by atoms with Crippen LogP contribution in [0, 0.1) is 0 Å². The zero-order chi connectivity index (χ0) is 40.4. The molecule has 0 amide bonds. The number of nitrogens with zero attached hydrogens (tertiary/aromatic N) is 3. The molecule has 0 saturated heterocycles. The average molecular weight is 792 g/mol. The van der Waals surface area contributed by atoms with Crippen molar-refractivity contribution in [3.05, 3.63) is 231 Å². The summed E-state index contributed by atoms with van der Waals surface area (Å²) < 4.78 is 8.71. The molecule has 0 radical (unpaired) electrons. The van der Waals surface area contributed by atoms with Crippen LogP contribution in [0.4, 0.5) is 45.5 Å². The number of anilines is 8. The van der Waals surface area contributed by atoms with Crippen LogP contribution in [0.3, 0.4) is 0 Å². The predicted molar refractivity (Wildman–Crippen MR) is 258 cm³/mol. The number of benzene rings is 8. The summed E-state index contributed by atoms with van der Waals surface area (Å²) in [6.45, 7) is 6.23. The van der Waals surface area contributed by atoms with E-state index in [-0.39, 0.29) is 0 Å². The lowest BCUT2D eigenvalue weighted by molar-refractivity contribution is 0.669. The monoisotopic (exact) mass is 791 g/mol. The van der Waals surface area contributed by atoms with Gasteiger partial charge in [0.25, 0.3) is 0 Å². The fraction of sp³-hybridized carbons (Fsp3) is 0.0182. The van der Waals surface area contributed by atoms with E-state index >= 15 is 0 Å². The van der Waals surface area contributed by atoms with E-state index in [1.165, 1.54) is 20.2 Å². The molecule has 5 heteroatoms. The first-order valence-corrected chi connectivity index (χ1v) is 21.0. The topological polar surface area (TPSA) is 22.9 Å². The molecule has 60 heavy (non-hydrogen) atoms. The van der Waals surface area contributed by atoms with Crippen molar-refractivity contribution in [2.75, 3.05) is 14.7 Å². The molecular formula is C55H41N3OS. The minimum absolute atomic E-state index is 0.882. The number of rotatable bonds is 11. The van der Waals surface area contributed by atoms with E-state index < -0.39 is 0 Å². The van der Waals surface area contributed by atoms with Gasteiger partial charge in [0.15, 0.2) is 0 Å². The van der Waals surface area contributed by atoms with Gasteiger partial charge < -0.3 is 19.1 Å². The molecule has 0 unspecified atom stereocenters. The van der Waals surface area contributed by atoms with Gasteiger partial charge in [0, 0.05) is 82.1 Å². The molecule has 0 atom stereocenters. The van der Waals surface area contributed by atoms with E-state index in [0.717, 1.165) is 73.1 Å². The van der Waals surface area contributed by atoms with E-state index in [0.29, 0.717) is 0 Å². The maximum absolute atomic E-state index is 6.22. The molecule has 0 saturated carbocycles. The summed E-state index contributed by atoms with van der Waals surface area (Å²) in [5.41, 5.74) is 11.3. The Morgan fingerprint density at radius 3 is 1.53 bits per heavy atom. The third kappa shape index (κ3) is 6.81. The van der Waals surface area contributed by atoms with Crippen molar-refractivity contribution in [3.8, 4) is 0 Å². The standard InChI is InChI=1S/C55H41N3OS/c1-3-5-18-39(4-2)56(40-19-9-6-10-20-40)43-25-17-26-44(35-43)57(41-21-11-7-12-22-41)46-30-33-54-50(37-46)51-38-47(31-34-55(51)60-54)58(42-23-13-8-14-24-42)45-29-32-53-49(36-45)48-27-15-16-28-52(48)59-53/h3-38H,2H2,1H3/b5-3-,39-18+. The second kappa shape index (κ2) is 16.0. The first-order valence-electron chi connectivity index (χ1n) is 20.2. The van der Waals surface area contributed by atoms with Gasteiger partial charge in [-0.1, -0.05) is 97.6 Å². The highest BCUT2D eigenvalue weighted by molar-refractivity contribution is 7.25. The lowest BCUT2D eigenvalue weighted by Gasteiger charge is -2.29. The summed E-state index contributed by atoms with van der Waals surface area (Å²) in [6, 6.07) is 68.9. The maximum atomic E-state index is 6.22. The fourth-order valence-electron chi connectivity index (χ4n) is 8.16. The Kier molecular flexibility index (Phi) is 9.78. The summed E-state index contributed by atoms with van der Waals surface area (Å²) in [5, 5.41) is 4.64. The summed E-state index contributed by atoms with van der Waals surface area (Å²) in [7, 11) is 0. The highest BCUT2D eigenvalue weighted by Gasteiger charge is 2.20. The summed E-state index contributed by atoms with van der Waals surface area (Å²) >= 11 is 1.83. The zero-order valence-corrected chi connectivity index (χ0v) is 34.0. The van der Waals surface area contributed by atoms with Crippen molar-refractivity contribution < 1.29 is 4.42 Å². The first-order chi connectivity index (χ1) is 29.7. The van der Waals surface area contributed by atoms with Crippen molar-refractivity contribution >= 4 is 98.9 Å². The molecule has 10 aromatic rings. The van der Waals surface area contributed by atoms with Crippen LogP contribution < -0.4 is 14.7 Å². The van der Waals surface area contributed by atoms with Crippen LogP contribution >= 0.6 is 11.3 Å². The number of hydrogen-bond acceptors (Lipinski definition) is 5. The van der Waals surface area contributed by atoms with Crippen LogP contribution in [0.15, 0.2) is 235 Å². The third-order valence-electron chi connectivity index (χ3n) is 10.9. The molecule has 10 rings (SSSR count). The number of furan rings is 1. The lowest BCUT2D eigenvalue weighted by atomic mass is 10.1. The Morgan fingerprint density at radius 1 is 0.450 bits per heavy atom. The van der Waals surface area contributed by atoms with E-state index in [1.54, 1.807) is 0 Å². The molecule has 0 aliphatic heterocycles. The van der Waals surface area contributed by atoms with Gasteiger partial charge in [0.05, 0.1) is 0 Å². The maximum Gasteiger partial charge on any atom is 0.135 e. The van der Waals surface area contributed by atoms with Crippen LogP contribution in [-0.4, -0.2) is 0 Å². The average Bonchev–Trinajstić information content (AvgIpc) is 3.87. The SMILES string of the molecule is C=C/C(=C\C=C/C)N(c1ccccc1)c1cccc(N(c2ccccc2)c2ccc3sc4ccc(N(c5ccccc5)c5ccc6oc7ccccc7c6c5)cc4c3c2)c1. The van der Waals surface area contributed by atoms with E-state index in [4.69, 9.17) is 4.42 Å². The van der Waals surface area contributed by atoms with Crippen molar-refractivity contribution in [2.24, 2.45) is 0 Å². The Balaban J connectivity index is 1.11. The van der Waals surface area contributed by atoms with Crippen LogP contribution in [0.25, 0.3) is 42.1 Å². The predicted octanol–water partition coefficient (Wildman–Crippen LogP) is 16.7. The smallest absolute Gasteiger partial charge is 0.135 e. The van der Waals surface area contributed by atoms with Crippen LogP contribution in [0.2, 0.25) is 0 Å². The second-order valence-electron chi connectivity index (χ2n) is 14.6. The Bertz CT molecular complexity index is 3200. The van der Waals surface area contributed by atoms with Crippen molar-refractivity contribution in [1.82, 2.24) is 0 Å². The number of allylic oxidation sites excluding steroid dienone is 4. The Labute approximate surface area is 354 Å². The molecule has 0 aliphatic rings. The summed E-state index contributed by atoms with van der Waals surface area (Å²) in [5.74, 6) is 0. The van der Waals surface area contributed by atoms with Crippen LogP contribution in [-0.2, 0) is 0 Å². The Morgan fingerprint density at radius 2 is 0.933 bits per heavy atom. The number of fused-ring (bicyclic) bond motifs is 6. The molecule has 0 aliphatic carbocycles. The van der Waals surface area contributed by atoms with Gasteiger partial charge >= 0.3 is 0 Å². The molecule has 0 fully saturated rings. The van der Waals surface area contributed by atoms with Gasteiger partial charge in [0.1, 0.15) is 11.2 Å². The molecule has 2 aromatic heterocycles. The van der Waals surface area contributed by atoms with Crippen molar-refractivity contribution in [2.45, 2.75) is 6.92 Å². The molecule has 0 spiro atoms. The van der Waals surface area contributed by atoms with E-state index in [1.807, 2.05) is 48.6 Å². The van der Waals surface area contributed by atoms with Gasteiger partial charge in [0.2, 0.25) is 0 Å². The fourth-order valence-corrected chi connectivity index (χ4v) is 9.22. The first kappa shape index (κ1) is 36.7. The lowest BCUT2D eigenvalue weighted by Crippen LogP contribution is -2.16. The van der Waals surface area contributed by atoms with Gasteiger partial charge in [-0.2, -0.15) is 0 Å². The minimum atomic E-state index is 0.882. The third-order valence-corrected chi connectivity index (χ3v) is 12.0. The summed E-state index contributed by atoms with van der Waals surface area (Å²) in [6.07, 6.45) is 8.10. The number of hydrogen-bond donors (Lipinski definition) is 0. The van der Waals surface area contributed by atoms with Gasteiger partial charge in [-0.15, -0.1) is 11.3 Å². The van der Waals surface area contributed by atoms with Gasteiger partial charge in [-0.3, -0.25) is 0 Å². The van der Waals surface area contributed by atoms with E-state index in [9.17, 15) is 0 Å². The minimum Gasteiger partial charge on any atom is -0.456 e. The summed E-state index contributed by atoms with van der Waals surface area (Å²) in [4.78, 5) is 6.95. The second-order valence-corrected chi connectivity index (χ2v) is 15.7. The molecule has 0 bridgehead atoms. The quantitative estimate of drug-likeness (QED) is 0.122. The van der Waals surface area contributed by atoms with Crippen molar-refractivity contribution in [3.63, 3.8) is 0 Å². The number of thiophene rings is 1. The molecule has 0 N–H and O–H groups in total. The molecule has 8 aromatic carbocycles. The van der Waals surface area contributed by atoms with Crippen LogP contribution in [0.1, 0.15) is 6.92 Å². The molecule has 288 valence electrons. The highest BCUT2D eigenvalue weighted by atomic mass is 32.1. The van der Waals surface area contributed by atoms with Gasteiger partial charge in [-0.25, -0.2) is 0 Å². The van der Waals surface area contributed by atoms with Crippen molar-refractivity contribution in [1.29, 1.82) is 0 Å². The molecular weight excluding hydrogens is 751 g/mol. The molecule has 2 heterocycles. The molecule has 4 nitrogen and oxygen atoms in total. The Hall–Kier alpha value is -7.60. The van der Waals surface area contributed by atoms with E-state index in [2.05, 4.69) is 209 Å². The number of para-hydroxylation sites is 4. The zero-order valence-electron chi connectivity index (χ0n) is 33.1. The largest absolute Gasteiger partial charge is 0.456 e.